The second-order valence-electron chi connectivity index (χ2n) is 4.00. The average molecular weight is 240 g/mol. The predicted octanol–water partition coefficient (Wildman–Crippen LogP) is 2.09. The first kappa shape index (κ1) is 13.7. The molecule has 1 aliphatic carbocycles. The minimum Gasteiger partial charge on any atom is -0.465 e. The summed E-state index contributed by atoms with van der Waals surface area (Å²) in [5.74, 6) is -1.82. The Kier molecular flexibility index (Phi) is 5.73. The number of rotatable bonds is 5. The summed E-state index contributed by atoms with van der Waals surface area (Å²) < 4.78 is 9.90. The van der Waals surface area contributed by atoms with E-state index < -0.39 is 17.9 Å². The number of hydrogen-bond acceptors (Lipinski definition) is 4. The number of carbonyl (C=O) groups excluding carboxylic acids is 2. The topological polar surface area (TPSA) is 52.6 Å². The summed E-state index contributed by atoms with van der Waals surface area (Å²) in [6.45, 7) is 4.03. The molecule has 0 aliphatic heterocycles. The fourth-order valence-corrected chi connectivity index (χ4v) is 2.03. The van der Waals surface area contributed by atoms with E-state index in [4.69, 9.17) is 9.47 Å². The summed E-state index contributed by atoms with van der Waals surface area (Å²) in [5, 5.41) is 0. The zero-order chi connectivity index (χ0) is 12.7. The maximum Gasteiger partial charge on any atom is 0.320 e. The van der Waals surface area contributed by atoms with E-state index in [1.807, 2.05) is 12.2 Å². The second-order valence-corrected chi connectivity index (χ2v) is 4.00. The van der Waals surface area contributed by atoms with E-state index >= 15 is 0 Å². The first-order chi connectivity index (χ1) is 8.20. The molecule has 0 amide bonds. The molecule has 0 N–H and O–H groups in total. The van der Waals surface area contributed by atoms with Gasteiger partial charge in [0, 0.05) is 5.92 Å². The van der Waals surface area contributed by atoms with Crippen LogP contribution in [0.2, 0.25) is 0 Å². The Morgan fingerprint density at radius 3 is 2.24 bits per heavy atom. The zero-order valence-corrected chi connectivity index (χ0v) is 10.5. The van der Waals surface area contributed by atoms with Crippen LogP contribution < -0.4 is 0 Å². The van der Waals surface area contributed by atoms with Crippen molar-refractivity contribution in [3.8, 4) is 0 Å². The van der Waals surface area contributed by atoms with Crippen LogP contribution >= 0.6 is 0 Å². The second kappa shape index (κ2) is 7.09. The van der Waals surface area contributed by atoms with Crippen molar-refractivity contribution in [2.45, 2.75) is 33.1 Å². The van der Waals surface area contributed by atoms with Crippen LogP contribution in [0.25, 0.3) is 0 Å². The third-order valence-electron chi connectivity index (χ3n) is 2.80. The highest BCUT2D eigenvalue weighted by Gasteiger charge is 2.36. The molecule has 0 spiro atoms. The van der Waals surface area contributed by atoms with E-state index in [0.717, 1.165) is 19.3 Å². The molecule has 0 unspecified atom stereocenters. The fraction of sp³-hybridized carbons (Fsp3) is 0.692. The lowest BCUT2D eigenvalue weighted by atomic mass is 9.84. The Morgan fingerprint density at radius 2 is 1.82 bits per heavy atom. The van der Waals surface area contributed by atoms with Gasteiger partial charge < -0.3 is 9.47 Å². The molecule has 0 heterocycles. The average Bonchev–Trinajstić information content (AvgIpc) is 2.31. The van der Waals surface area contributed by atoms with E-state index in [1.165, 1.54) is 0 Å². The molecular formula is C13H20O4. The lowest BCUT2D eigenvalue weighted by Gasteiger charge is -2.23. The van der Waals surface area contributed by atoms with Crippen LogP contribution in [0.5, 0.6) is 0 Å². The van der Waals surface area contributed by atoms with Gasteiger partial charge in [-0.2, -0.15) is 0 Å². The van der Waals surface area contributed by atoms with E-state index in [0.29, 0.717) is 0 Å². The van der Waals surface area contributed by atoms with Gasteiger partial charge in [0.15, 0.2) is 5.92 Å². The highest BCUT2D eigenvalue weighted by Crippen LogP contribution is 2.27. The standard InChI is InChI=1S/C13H20O4/c1-3-16-12(14)11(13(15)17-4-2)10-8-6-5-7-9-10/h6,8,10-11H,3-5,7,9H2,1-2H3/t10-/m0/s1. The van der Waals surface area contributed by atoms with Gasteiger partial charge in [-0.15, -0.1) is 0 Å². The van der Waals surface area contributed by atoms with Crippen molar-refractivity contribution < 1.29 is 19.1 Å². The molecular weight excluding hydrogens is 220 g/mol. The number of allylic oxidation sites excluding steroid dienone is 2. The number of ether oxygens (including phenoxy) is 2. The molecule has 0 bridgehead atoms. The maximum absolute atomic E-state index is 11.8. The predicted molar refractivity (Wildman–Crippen MR) is 63.2 cm³/mol. The molecule has 0 aromatic carbocycles. The van der Waals surface area contributed by atoms with Crippen molar-refractivity contribution in [1.82, 2.24) is 0 Å². The van der Waals surface area contributed by atoms with Crippen molar-refractivity contribution >= 4 is 11.9 Å². The van der Waals surface area contributed by atoms with E-state index in [-0.39, 0.29) is 19.1 Å². The lowest BCUT2D eigenvalue weighted by molar-refractivity contribution is -0.163. The van der Waals surface area contributed by atoms with Gasteiger partial charge in [0.1, 0.15) is 0 Å². The Morgan fingerprint density at radius 1 is 1.24 bits per heavy atom. The third kappa shape index (κ3) is 3.88. The minimum absolute atomic E-state index is 0.0816. The van der Waals surface area contributed by atoms with Crippen LogP contribution in [-0.4, -0.2) is 25.2 Å². The molecule has 1 atom stereocenters. The Labute approximate surface area is 102 Å². The van der Waals surface area contributed by atoms with Crippen LogP contribution in [0, 0.1) is 11.8 Å². The van der Waals surface area contributed by atoms with Crippen LogP contribution in [-0.2, 0) is 19.1 Å². The quantitative estimate of drug-likeness (QED) is 0.419. The zero-order valence-electron chi connectivity index (χ0n) is 10.5. The summed E-state index contributed by atoms with van der Waals surface area (Å²) in [6.07, 6.45) is 6.78. The first-order valence-electron chi connectivity index (χ1n) is 6.20. The van der Waals surface area contributed by atoms with Crippen LogP contribution in [0.15, 0.2) is 12.2 Å². The number of hydrogen-bond donors (Lipinski definition) is 0. The molecule has 1 aliphatic rings. The van der Waals surface area contributed by atoms with Crippen molar-refractivity contribution in [2.75, 3.05) is 13.2 Å². The molecule has 17 heavy (non-hydrogen) atoms. The van der Waals surface area contributed by atoms with Gasteiger partial charge in [-0.25, -0.2) is 0 Å². The molecule has 4 nitrogen and oxygen atoms in total. The van der Waals surface area contributed by atoms with Gasteiger partial charge >= 0.3 is 11.9 Å². The number of carbonyl (C=O) groups is 2. The summed E-state index contributed by atoms with van der Waals surface area (Å²) >= 11 is 0. The SMILES string of the molecule is CCOC(=O)C(C(=O)OCC)[C@H]1C=CCCC1. The van der Waals surface area contributed by atoms with E-state index in [9.17, 15) is 9.59 Å². The fourth-order valence-electron chi connectivity index (χ4n) is 2.03. The van der Waals surface area contributed by atoms with Gasteiger partial charge in [-0.1, -0.05) is 12.2 Å². The van der Waals surface area contributed by atoms with Gasteiger partial charge in [0.2, 0.25) is 0 Å². The summed E-state index contributed by atoms with van der Waals surface area (Å²) in [7, 11) is 0. The molecule has 4 heteroatoms. The third-order valence-corrected chi connectivity index (χ3v) is 2.80. The first-order valence-corrected chi connectivity index (χ1v) is 6.20. The smallest absolute Gasteiger partial charge is 0.320 e. The summed E-state index contributed by atoms with van der Waals surface area (Å²) in [5.41, 5.74) is 0. The lowest BCUT2D eigenvalue weighted by Crippen LogP contribution is -2.34. The molecule has 0 saturated heterocycles. The monoisotopic (exact) mass is 240 g/mol. The summed E-state index contributed by atoms with van der Waals surface area (Å²) in [6, 6.07) is 0. The van der Waals surface area contributed by atoms with Gasteiger partial charge in [-0.05, 0) is 33.1 Å². The normalized spacial score (nSPS) is 19.1. The van der Waals surface area contributed by atoms with E-state index in [2.05, 4.69) is 0 Å². The Hall–Kier alpha value is -1.32. The number of esters is 2. The van der Waals surface area contributed by atoms with E-state index in [1.54, 1.807) is 13.8 Å². The molecule has 0 fully saturated rings. The van der Waals surface area contributed by atoms with Crippen molar-refractivity contribution in [2.24, 2.45) is 11.8 Å². The maximum atomic E-state index is 11.8. The summed E-state index contributed by atoms with van der Waals surface area (Å²) in [4.78, 5) is 23.6. The molecule has 0 aromatic heterocycles. The van der Waals surface area contributed by atoms with Gasteiger partial charge in [0.05, 0.1) is 13.2 Å². The van der Waals surface area contributed by atoms with Crippen molar-refractivity contribution in [3.63, 3.8) is 0 Å². The van der Waals surface area contributed by atoms with Crippen LogP contribution in [0.3, 0.4) is 0 Å². The molecule has 1 rings (SSSR count). The molecule has 0 aromatic rings. The van der Waals surface area contributed by atoms with Gasteiger partial charge in [0.25, 0.3) is 0 Å². The van der Waals surface area contributed by atoms with Gasteiger partial charge in [-0.3, -0.25) is 9.59 Å². The molecule has 96 valence electrons. The molecule has 0 saturated carbocycles. The van der Waals surface area contributed by atoms with Crippen molar-refractivity contribution in [1.29, 1.82) is 0 Å². The Balaban J connectivity index is 2.76. The largest absolute Gasteiger partial charge is 0.465 e. The van der Waals surface area contributed by atoms with Crippen LogP contribution in [0.4, 0.5) is 0 Å². The highest BCUT2D eigenvalue weighted by molar-refractivity contribution is 5.95. The Bertz CT molecular complexity index is 278. The minimum atomic E-state index is -0.800. The van der Waals surface area contributed by atoms with Crippen molar-refractivity contribution in [3.05, 3.63) is 12.2 Å². The molecule has 0 radical (unpaired) electrons. The highest BCUT2D eigenvalue weighted by atomic mass is 16.6. The van der Waals surface area contributed by atoms with Crippen LogP contribution in [0.1, 0.15) is 33.1 Å².